The lowest BCUT2D eigenvalue weighted by Gasteiger charge is -2.56. The molecule has 1 N–H and O–H groups in total. The number of aliphatic hydroxyl groups excluding tert-OH is 1. The van der Waals surface area contributed by atoms with Crippen molar-refractivity contribution < 1.29 is 14.6 Å². The van der Waals surface area contributed by atoms with Crippen LogP contribution in [0.4, 0.5) is 5.69 Å². The first-order valence-electron chi connectivity index (χ1n) is 8.84. The zero-order valence-electron chi connectivity index (χ0n) is 14.9. The van der Waals surface area contributed by atoms with E-state index >= 15 is 0 Å². The molecule has 0 aromatic heterocycles. The summed E-state index contributed by atoms with van der Waals surface area (Å²) in [5.41, 5.74) is 1.68. The predicted molar refractivity (Wildman–Crippen MR) is 94.4 cm³/mol. The van der Waals surface area contributed by atoms with Crippen LogP contribution in [0.15, 0.2) is 24.3 Å². The number of hydrogen-bond donors (Lipinski definition) is 1. The minimum Gasteiger partial charge on any atom is -0.392 e. The second-order valence-corrected chi connectivity index (χ2v) is 7.16. The Bertz CT molecular complexity index is 575. The van der Waals surface area contributed by atoms with Gasteiger partial charge in [0.15, 0.2) is 0 Å². The van der Waals surface area contributed by atoms with Gasteiger partial charge in [0.2, 0.25) is 0 Å². The third kappa shape index (κ3) is 2.91. The lowest BCUT2D eigenvalue weighted by atomic mass is 9.58. The van der Waals surface area contributed by atoms with Gasteiger partial charge in [-0.3, -0.25) is 4.79 Å². The van der Waals surface area contributed by atoms with Gasteiger partial charge < -0.3 is 19.6 Å². The van der Waals surface area contributed by atoms with Gasteiger partial charge in [0.25, 0.3) is 5.91 Å². The van der Waals surface area contributed by atoms with Crippen molar-refractivity contribution in [2.24, 2.45) is 5.41 Å². The van der Waals surface area contributed by atoms with E-state index in [9.17, 15) is 9.90 Å². The quantitative estimate of drug-likeness (QED) is 0.918. The predicted octanol–water partition coefficient (Wildman–Crippen LogP) is 2.14. The first kappa shape index (κ1) is 17.2. The maximum Gasteiger partial charge on any atom is 0.253 e. The Balaban J connectivity index is 1.63. The molecule has 1 aliphatic carbocycles. The van der Waals surface area contributed by atoms with E-state index in [1.165, 1.54) is 0 Å². The SMILES string of the molecule is CCOC1CC(O)C12CCN(C(=O)c1ccc(N(C)C)cc1)CC2. The van der Waals surface area contributed by atoms with Crippen molar-refractivity contribution in [3.8, 4) is 0 Å². The third-order valence-corrected chi connectivity index (χ3v) is 5.72. The molecule has 5 heteroatoms. The van der Waals surface area contributed by atoms with Crippen LogP contribution < -0.4 is 4.90 Å². The topological polar surface area (TPSA) is 53.0 Å². The molecule has 2 unspecified atom stereocenters. The number of likely N-dealkylation sites (tertiary alicyclic amines) is 1. The third-order valence-electron chi connectivity index (χ3n) is 5.72. The fourth-order valence-corrected chi connectivity index (χ4v) is 4.03. The number of piperidine rings is 1. The number of ether oxygens (including phenoxy) is 1. The zero-order valence-corrected chi connectivity index (χ0v) is 14.9. The summed E-state index contributed by atoms with van der Waals surface area (Å²) in [6, 6.07) is 7.73. The van der Waals surface area contributed by atoms with Gasteiger partial charge in [-0.1, -0.05) is 0 Å². The van der Waals surface area contributed by atoms with E-state index in [1.807, 2.05) is 55.1 Å². The second kappa shape index (κ2) is 6.73. The van der Waals surface area contributed by atoms with Crippen LogP contribution in [-0.2, 0) is 4.74 Å². The Kier molecular flexibility index (Phi) is 4.83. The summed E-state index contributed by atoms with van der Waals surface area (Å²) in [6.45, 7) is 4.05. The van der Waals surface area contributed by atoms with Crippen LogP contribution in [-0.4, -0.2) is 61.9 Å². The molecule has 0 bridgehead atoms. The summed E-state index contributed by atoms with van der Waals surface area (Å²) < 4.78 is 5.79. The second-order valence-electron chi connectivity index (χ2n) is 7.16. The lowest BCUT2D eigenvalue weighted by molar-refractivity contribution is -0.207. The van der Waals surface area contributed by atoms with Gasteiger partial charge in [-0.05, 0) is 44.0 Å². The van der Waals surface area contributed by atoms with Crippen molar-refractivity contribution in [3.63, 3.8) is 0 Å². The number of carbonyl (C=O) groups excluding carboxylic acids is 1. The zero-order chi connectivity index (χ0) is 17.3. The molecule has 3 rings (SSSR count). The summed E-state index contributed by atoms with van der Waals surface area (Å²) in [7, 11) is 3.97. The van der Waals surface area contributed by atoms with Crippen LogP contribution >= 0.6 is 0 Å². The molecule has 1 aromatic rings. The van der Waals surface area contributed by atoms with E-state index in [0.29, 0.717) is 19.7 Å². The fourth-order valence-electron chi connectivity index (χ4n) is 4.03. The molecule has 1 spiro atoms. The van der Waals surface area contributed by atoms with Gasteiger partial charge in [-0.2, -0.15) is 0 Å². The summed E-state index contributed by atoms with van der Waals surface area (Å²) in [6.07, 6.45) is 2.23. The van der Waals surface area contributed by atoms with Gasteiger partial charge in [0, 0.05) is 56.9 Å². The molecule has 2 aliphatic rings. The number of hydrogen-bond acceptors (Lipinski definition) is 4. The van der Waals surface area contributed by atoms with Gasteiger partial charge in [0.1, 0.15) is 0 Å². The minimum atomic E-state index is -0.286. The number of amides is 1. The Hall–Kier alpha value is -1.59. The molecule has 2 atom stereocenters. The molecule has 132 valence electrons. The van der Waals surface area contributed by atoms with E-state index < -0.39 is 0 Å². The Labute approximate surface area is 144 Å². The largest absolute Gasteiger partial charge is 0.392 e. The lowest BCUT2D eigenvalue weighted by Crippen LogP contribution is -2.62. The van der Waals surface area contributed by atoms with Crippen LogP contribution in [0.1, 0.15) is 36.5 Å². The number of rotatable bonds is 4. The van der Waals surface area contributed by atoms with Crippen molar-refractivity contribution in [1.82, 2.24) is 4.90 Å². The molecule has 0 radical (unpaired) electrons. The molecular formula is C19H28N2O3. The molecule has 1 heterocycles. The summed E-state index contributed by atoms with van der Waals surface area (Å²) in [5.74, 6) is 0.0805. The summed E-state index contributed by atoms with van der Waals surface area (Å²) >= 11 is 0. The first-order valence-corrected chi connectivity index (χ1v) is 8.84. The summed E-state index contributed by atoms with van der Waals surface area (Å²) in [5, 5.41) is 10.3. The molecule has 24 heavy (non-hydrogen) atoms. The molecule has 1 amide bonds. The average molecular weight is 332 g/mol. The highest BCUT2D eigenvalue weighted by molar-refractivity contribution is 5.94. The molecule has 1 saturated carbocycles. The van der Waals surface area contributed by atoms with E-state index in [1.54, 1.807) is 0 Å². The van der Waals surface area contributed by atoms with Crippen LogP contribution in [0.5, 0.6) is 0 Å². The number of anilines is 1. The van der Waals surface area contributed by atoms with Crippen LogP contribution in [0.3, 0.4) is 0 Å². The molecule has 1 aliphatic heterocycles. The molecule has 1 aromatic carbocycles. The summed E-state index contributed by atoms with van der Waals surface area (Å²) in [4.78, 5) is 16.6. The van der Waals surface area contributed by atoms with Crippen molar-refractivity contribution in [2.75, 3.05) is 38.7 Å². The van der Waals surface area contributed by atoms with Gasteiger partial charge >= 0.3 is 0 Å². The Morgan fingerprint density at radius 1 is 1.29 bits per heavy atom. The maximum atomic E-state index is 12.7. The van der Waals surface area contributed by atoms with Crippen molar-refractivity contribution in [3.05, 3.63) is 29.8 Å². The number of carbonyl (C=O) groups is 1. The van der Waals surface area contributed by atoms with Gasteiger partial charge in [-0.25, -0.2) is 0 Å². The van der Waals surface area contributed by atoms with Gasteiger partial charge in [-0.15, -0.1) is 0 Å². The van der Waals surface area contributed by atoms with Crippen LogP contribution in [0, 0.1) is 5.41 Å². The fraction of sp³-hybridized carbons (Fsp3) is 0.632. The number of nitrogens with zero attached hydrogens (tertiary/aromatic N) is 2. The van der Waals surface area contributed by atoms with Crippen LogP contribution in [0.2, 0.25) is 0 Å². The van der Waals surface area contributed by atoms with Crippen molar-refractivity contribution in [1.29, 1.82) is 0 Å². The normalized spacial score (nSPS) is 25.4. The highest BCUT2D eigenvalue weighted by Crippen LogP contribution is 2.51. The molecule has 1 saturated heterocycles. The minimum absolute atomic E-state index is 0.0805. The Morgan fingerprint density at radius 3 is 2.42 bits per heavy atom. The Morgan fingerprint density at radius 2 is 1.92 bits per heavy atom. The highest BCUT2D eigenvalue weighted by atomic mass is 16.5. The van der Waals surface area contributed by atoms with E-state index in [0.717, 1.165) is 30.5 Å². The van der Waals surface area contributed by atoms with Crippen molar-refractivity contribution >= 4 is 11.6 Å². The monoisotopic (exact) mass is 332 g/mol. The van der Waals surface area contributed by atoms with Gasteiger partial charge in [0.05, 0.1) is 12.2 Å². The first-order chi connectivity index (χ1) is 11.5. The van der Waals surface area contributed by atoms with E-state index in [2.05, 4.69) is 0 Å². The van der Waals surface area contributed by atoms with Crippen molar-refractivity contribution in [2.45, 2.75) is 38.4 Å². The van der Waals surface area contributed by atoms with E-state index in [4.69, 9.17) is 4.74 Å². The standard InChI is InChI=1S/C19H28N2O3/c1-4-24-17-13-16(22)19(17)9-11-21(12-10-19)18(23)14-5-7-15(8-6-14)20(2)3/h5-8,16-17,22H,4,9-13H2,1-3H3. The highest BCUT2D eigenvalue weighted by Gasteiger charge is 2.56. The average Bonchev–Trinajstić information content (AvgIpc) is 2.61. The smallest absolute Gasteiger partial charge is 0.253 e. The number of benzene rings is 1. The molecule has 2 fully saturated rings. The van der Waals surface area contributed by atoms with Crippen LogP contribution in [0.25, 0.3) is 0 Å². The maximum absolute atomic E-state index is 12.7. The molecule has 5 nitrogen and oxygen atoms in total. The number of aliphatic hydroxyl groups is 1. The molecular weight excluding hydrogens is 304 g/mol. The van der Waals surface area contributed by atoms with E-state index in [-0.39, 0.29) is 23.5 Å².